The van der Waals surface area contributed by atoms with E-state index in [0.717, 1.165) is 40.0 Å². The molecular formula is C22H24F7N5O2S2. The third-order valence-corrected chi connectivity index (χ3v) is 8.02. The number of nitrogens with one attached hydrogen (secondary N) is 2. The molecule has 2 N–H and O–H groups in total. The Balaban J connectivity index is 0.000000336. The van der Waals surface area contributed by atoms with Crippen molar-refractivity contribution in [1.82, 2.24) is 20.2 Å². The smallest absolute Gasteiger partial charge is 0.361 e. The molecule has 2 fully saturated rings. The van der Waals surface area contributed by atoms with Crippen molar-refractivity contribution < 1.29 is 40.3 Å². The van der Waals surface area contributed by atoms with Crippen molar-refractivity contribution in [2.75, 3.05) is 29.9 Å². The van der Waals surface area contributed by atoms with Crippen LogP contribution in [0.2, 0.25) is 0 Å². The number of alkyl halides is 7. The fourth-order valence-electron chi connectivity index (χ4n) is 3.62. The van der Waals surface area contributed by atoms with Gasteiger partial charge in [0.25, 0.3) is 18.3 Å². The van der Waals surface area contributed by atoms with Gasteiger partial charge in [0.2, 0.25) is 6.41 Å². The molecule has 4 rings (SSSR count). The second-order valence-electron chi connectivity index (χ2n) is 8.75. The summed E-state index contributed by atoms with van der Waals surface area (Å²) in [4.78, 5) is 31.7. The van der Waals surface area contributed by atoms with Crippen molar-refractivity contribution in [1.29, 1.82) is 0 Å². The van der Waals surface area contributed by atoms with Crippen LogP contribution in [0.25, 0.3) is 10.4 Å². The highest BCUT2D eigenvalue weighted by Crippen LogP contribution is 2.37. The number of thiazole rings is 1. The lowest BCUT2D eigenvalue weighted by atomic mass is 10.1. The van der Waals surface area contributed by atoms with Crippen LogP contribution in [-0.4, -0.2) is 76.0 Å². The summed E-state index contributed by atoms with van der Waals surface area (Å²) in [7, 11) is 0. The Kier molecular flexibility index (Phi) is 9.49. The predicted molar refractivity (Wildman–Crippen MR) is 130 cm³/mol. The lowest BCUT2D eigenvalue weighted by Gasteiger charge is -2.25. The summed E-state index contributed by atoms with van der Waals surface area (Å²) >= 11 is 2.65. The Morgan fingerprint density at radius 3 is 2.47 bits per heavy atom. The maximum absolute atomic E-state index is 13.5. The van der Waals surface area contributed by atoms with E-state index in [-0.39, 0.29) is 40.8 Å². The normalized spacial score (nSPS) is 19.0. The Labute approximate surface area is 221 Å². The number of amides is 2. The van der Waals surface area contributed by atoms with Gasteiger partial charge in [-0.1, -0.05) is 0 Å². The number of rotatable bonds is 7. The molecule has 2 amide bonds. The standard InChI is InChI=1S/C16H15F5N4OS2.C6H9F2NO/c1-7-12(28-15(24-7)14(26)25-8-4-27-5-8)10-3-22-11(2-9(10)13(17)18)23-6-16(19,20)21;1-5-2-6(7,8)3-9(5)4-10/h2-3,8,13H,4-6H2,1H3,(H,22,23)(H,25,26);4-5H,2-3H2,1H3. The van der Waals surface area contributed by atoms with Crippen LogP contribution in [-0.2, 0) is 4.79 Å². The van der Waals surface area contributed by atoms with E-state index in [1.54, 1.807) is 25.6 Å². The number of carbonyl (C=O) groups is 2. The molecule has 0 radical (unpaired) electrons. The third-order valence-electron chi connectivity index (χ3n) is 5.56. The van der Waals surface area contributed by atoms with E-state index in [0.29, 0.717) is 17.0 Å². The SMILES string of the molecule is CC1CC(F)(F)CN1C=O.Cc1nc(C(=O)NC2CSC2)sc1-c1cnc(NCC(F)(F)F)cc1C(F)F. The molecule has 0 spiro atoms. The molecule has 0 aliphatic carbocycles. The highest BCUT2D eigenvalue weighted by molar-refractivity contribution is 8.00. The minimum absolute atomic E-state index is 0.0424. The topological polar surface area (TPSA) is 87.2 Å². The van der Waals surface area contributed by atoms with Gasteiger partial charge in [-0.3, -0.25) is 9.59 Å². The summed E-state index contributed by atoms with van der Waals surface area (Å²) in [6, 6.07) is 0.644. The van der Waals surface area contributed by atoms with Crippen LogP contribution in [0.3, 0.4) is 0 Å². The first-order chi connectivity index (χ1) is 17.7. The zero-order valence-electron chi connectivity index (χ0n) is 20.1. The minimum atomic E-state index is -4.50. The average molecular weight is 588 g/mol. The molecule has 0 aromatic carbocycles. The van der Waals surface area contributed by atoms with Gasteiger partial charge < -0.3 is 15.5 Å². The summed E-state index contributed by atoms with van der Waals surface area (Å²) in [5.41, 5.74) is -0.0626. The number of likely N-dealkylation sites (tertiary alicyclic amines) is 1. The Hall–Kier alpha value is -2.62. The molecule has 2 aromatic rings. The maximum Gasteiger partial charge on any atom is 0.405 e. The second kappa shape index (κ2) is 12.1. The van der Waals surface area contributed by atoms with Gasteiger partial charge in [0.05, 0.1) is 17.1 Å². The number of hydrogen-bond donors (Lipinski definition) is 2. The van der Waals surface area contributed by atoms with Gasteiger partial charge in [0, 0.05) is 47.3 Å². The monoisotopic (exact) mass is 587 g/mol. The van der Waals surface area contributed by atoms with Gasteiger partial charge in [0.1, 0.15) is 12.4 Å². The lowest BCUT2D eigenvalue weighted by Crippen LogP contribution is -2.43. The summed E-state index contributed by atoms with van der Waals surface area (Å²) in [5, 5.41) is 4.94. The number of carbonyl (C=O) groups excluding carboxylic acids is 2. The van der Waals surface area contributed by atoms with E-state index in [1.165, 1.54) is 0 Å². The Morgan fingerprint density at radius 1 is 1.32 bits per heavy atom. The van der Waals surface area contributed by atoms with Crippen molar-refractivity contribution in [3.63, 3.8) is 0 Å². The molecule has 16 heteroatoms. The predicted octanol–water partition coefficient (Wildman–Crippen LogP) is 5.14. The lowest BCUT2D eigenvalue weighted by molar-refractivity contribution is -0.119. The van der Waals surface area contributed by atoms with E-state index in [9.17, 15) is 40.3 Å². The summed E-state index contributed by atoms with van der Waals surface area (Å²) < 4.78 is 88.8. The Morgan fingerprint density at radius 2 is 2.00 bits per heavy atom. The number of nitrogens with zero attached hydrogens (tertiary/aromatic N) is 3. The van der Waals surface area contributed by atoms with Crippen LogP contribution < -0.4 is 10.6 Å². The van der Waals surface area contributed by atoms with Crippen molar-refractivity contribution in [3.8, 4) is 10.4 Å². The van der Waals surface area contributed by atoms with E-state index in [1.807, 2.05) is 5.32 Å². The largest absolute Gasteiger partial charge is 0.405 e. The summed E-state index contributed by atoms with van der Waals surface area (Å²) in [6.45, 7) is 1.39. The first-order valence-electron chi connectivity index (χ1n) is 11.2. The first-order valence-corrected chi connectivity index (χ1v) is 13.2. The van der Waals surface area contributed by atoms with Gasteiger partial charge in [-0.05, 0) is 19.9 Å². The van der Waals surface area contributed by atoms with Crippen molar-refractivity contribution in [2.45, 2.75) is 50.9 Å². The molecule has 210 valence electrons. The van der Waals surface area contributed by atoms with Crippen LogP contribution in [0.15, 0.2) is 12.3 Å². The van der Waals surface area contributed by atoms with Crippen molar-refractivity contribution in [2.24, 2.45) is 0 Å². The number of aromatic nitrogens is 2. The second-order valence-corrected chi connectivity index (χ2v) is 10.8. The fourth-order valence-corrected chi connectivity index (χ4v) is 5.26. The zero-order valence-corrected chi connectivity index (χ0v) is 21.8. The minimum Gasteiger partial charge on any atom is -0.361 e. The van der Waals surface area contributed by atoms with Crippen molar-refractivity contribution in [3.05, 3.63) is 28.5 Å². The van der Waals surface area contributed by atoms with Crippen LogP contribution in [0.4, 0.5) is 36.6 Å². The fraction of sp³-hybridized carbons (Fsp3) is 0.545. The first kappa shape index (κ1) is 29.9. The summed E-state index contributed by atoms with van der Waals surface area (Å²) in [5.74, 6) is -1.72. The Bertz CT molecular complexity index is 1140. The van der Waals surface area contributed by atoms with Gasteiger partial charge >= 0.3 is 6.18 Å². The number of halogens is 7. The molecule has 7 nitrogen and oxygen atoms in total. The van der Waals surface area contributed by atoms with Crippen molar-refractivity contribution >= 4 is 41.2 Å². The third kappa shape index (κ3) is 7.94. The number of hydrogen-bond acceptors (Lipinski definition) is 7. The van der Waals surface area contributed by atoms with Crippen LogP contribution in [0.5, 0.6) is 0 Å². The number of pyridine rings is 1. The highest BCUT2D eigenvalue weighted by atomic mass is 32.2. The molecule has 0 bridgehead atoms. The zero-order chi connectivity index (χ0) is 28.3. The van der Waals surface area contributed by atoms with Gasteiger partial charge in [-0.2, -0.15) is 24.9 Å². The molecule has 4 heterocycles. The quantitative estimate of drug-likeness (QED) is 0.345. The molecular weight excluding hydrogens is 563 g/mol. The number of aryl methyl sites for hydroxylation is 1. The molecule has 38 heavy (non-hydrogen) atoms. The summed E-state index contributed by atoms with van der Waals surface area (Å²) in [6.07, 6.45) is -6.08. The maximum atomic E-state index is 13.5. The molecule has 2 aliphatic rings. The molecule has 2 aromatic heterocycles. The van der Waals surface area contributed by atoms with E-state index in [4.69, 9.17) is 0 Å². The van der Waals surface area contributed by atoms with Gasteiger partial charge in [-0.15, -0.1) is 11.3 Å². The molecule has 2 saturated heterocycles. The molecule has 1 atom stereocenters. The van der Waals surface area contributed by atoms with E-state index in [2.05, 4.69) is 15.3 Å². The highest BCUT2D eigenvalue weighted by Gasteiger charge is 2.42. The molecule has 1 unspecified atom stereocenters. The van der Waals surface area contributed by atoms with E-state index < -0.39 is 37.2 Å². The van der Waals surface area contributed by atoms with Crippen LogP contribution in [0, 0.1) is 6.92 Å². The van der Waals surface area contributed by atoms with Crippen LogP contribution >= 0.6 is 23.1 Å². The number of anilines is 1. The van der Waals surface area contributed by atoms with Gasteiger partial charge in [-0.25, -0.2) is 27.5 Å². The number of thioether (sulfide) groups is 1. The van der Waals surface area contributed by atoms with E-state index >= 15 is 0 Å². The molecule has 0 saturated carbocycles. The van der Waals surface area contributed by atoms with Crippen LogP contribution in [0.1, 0.15) is 40.8 Å². The average Bonchev–Trinajstić information content (AvgIpc) is 3.31. The van der Waals surface area contributed by atoms with Gasteiger partial charge in [0.15, 0.2) is 5.01 Å². The molecule has 2 aliphatic heterocycles.